The van der Waals surface area contributed by atoms with Crippen LogP contribution in [0.25, 0.3) is 16.9 Å². The summed E-state index contributed by atoms with van der Waals surface area (Å²) in [5, 5.41) is 14.9. The SMILES string of the molecule is CCCC(C(=O)O)c1c(C)nc2cc(C(C)(C)C)nn2c1-c1ccc(CC)cc1. The van der Waals surface area contributed by atoms with E-state index in [1.165, 1.54) is 5.56 Å². The van der Waals surface area contributed by atoms with Gasteiger partial charge in [-0.15, -0.1) is 0 Å². The maximum atomic E-state index is 12.2. The normalized spacial score (nSPS) is 13.0. The van der Waals surface area contributed by atoms with E-state index in [1.54, 1.807) is 0 Å². The van der Waals surface area contributed by atoms with Gasteiger partial charge in [0.1, 0.15) is 0 Å². The number of carboxylic acid groups (broad SMARTS) is 1. The van der Waals surface area contributed by atoms with Gasteiger partial charge in [-0.2, -0.15) is 5.10 Å². The van der Waals surface area contributed by atoms with Crippen molar-refractivity contribution in [1.82, 2.24) is 14.6 Å². The molecule has 154 valence electrons. The number of carboxylic acids is 1. The van der Waals surface area contributed by atoms with Crippen molar-refractivity contribution < 1.29 is 9.90 Å². The van der Waals surface area contributed by atoms with Gasteiger partial charge in [-0.25, -0.2) is 9.50 Å². The molecule has 3 rings (SSSR count). The Balaban J connectivity index is 2.38. The van der Waals surface area contributed by atoms with Gasteiger partial charge >= 0.3 is 5.97 Å². The summed E-state index contributed by atoms with van der Waals surface area (Å²) < 4.78 is 1.84. The summed E-state index contributed by atoms with van der Waals surface area (Å²) >= 11 is 0. The zero-order valence-electron chi connectivity index (χ0n) is 18.3. The predicted octanol–water partition coefficient (Wildman–Crippen LogP) is 5.53. The number of fused-ring (bicyclic) bond motifs is 1. The highest BCUT2D eigenvalue weighted by Gasteiger charge is 2.29. The van der Waals surface area contributed by atoms with Crippen LogP contribution < -0.4 is 0 Å². The average Bonchev–Trinajstić information content (AvgIpc) is 3.09. The molecular weight excluding hydrogens is 362 g/mol. The molecule has 0 radical (unpaired) electrons. The maximum Gasteiger partial charge on any atom is 0.311 e. The first-order valence-electron chi connectivity index (χ1n) is 10.4. The molecule has 0 spiro atoms. The molecule has 0 saturated carbocycles. The number of hydrogen-bond donors (Lipinski definition) is 1. The molecule has 29 heavy (non-hydrogen) atoms. The highest BCUT2D eigenvalue weighted by molar-refractivity contribution is 5.81. The summed E-state index contributed by atoms with van der Waals surface area (Å²) in [6.45, 7) is 12.4. The van der Waals surface area contributed by atoms with E-state index < -0.39 is 11.9 Å². The van der Waals surface area contributed by atoms with Crippen molar-refractivity contribution in [2.45, 2.75) is 72.1 Å². The van der Waals surface area contributed by atoms with Gasteiger partial charge in [0.15, 0.2) is 5.65 Å². The first-order valence-corrected chi connectivity index (χ1v) is 10.4. The Morgan fingerprint density at radius 1 is 1.17 bits per heavy atom. The minimum atomic E-state index is -0.814. The first-order chi connectivity index (χ1) is 13.7. The standard InChI is InChI=1S/C24H31N3O2/c1-7-9-18(23(28)29)21-15(3)25-20-14-19(24(4,5)6)26-27(20)22(21)17-12-10-16(8-2)11-13-17/h10-14,18H,7-9H2,1-6H3,(H,28,29). The van der Waals surface area contributed by atoms with E-state index in [2.05, 4.69) is 52.0 Å². The molecule has 0 saturated heterocycles. The maximum absolute atomic E-state index is 12.2. The zero-order valence-corrected chi connectivity index (χ0v) is 18.3. The Morgan fingerprint density at radius 2 is 1.83 bits per heavy atom. The number of nitrogens with zero attached hydrogens (tertiary/aromatic N) is 3. The Morgan fingerprint density at radius 3 is 2.34 bits per heavy atom. The van der Waals surface area contributed by atoms with Crippen LogP contribution in [0, 0.1) is 6.92 Å². The number of aliphatic carboxylic acids is 1. The summed E-state index contributed by atoms with van der Waals surface area (Å²) in [6, 6.07) is 10.4. The molecule has 0 aliphatic carbocycles. The Kier molecular flexibility index (Phi) is 5.78. The van der Waals surface area contributed by atoms with E-state index in [-0.39, 0.29) is 5.41 Å². The van der Waals surface area contributed by atoms with E-state index in [9.17, 15) is 9.90 Å². The minimum Gasteiger partial charge on any atom is -0.481 e. The Bertz CT molecular complexity index is 1030. The first kappa shape index (κ1) is 21.0. The second-order valence-corrected chi connectivity index (χ2v) is 8.74. The van der Waals surface area contributed by atoms with Crippen LogP contribution in [-0.2, 0) is 16.6 Å². The van der Waals surface area contributed by atoms with Crippen molar-refractivity contribution in [1.29, 1.82) is 0 Å². The van der Waals surface area contributed by atoms with Crippen LogP contribution in [0.2, 0.25) is 0 Å². The number of carbonyl (C=O) groups is 1. The van der Waals surface area contributed by atoms with Gasteiger partial charge in [0.2, 0.25) is 0 Å². The molecule has 0 bridgehead atoms. The highest BCUT2D eigenvalue weighted by atomic mass is 16.4. The fraction of sp³-hybridized carbons (Fsp3) is 0.458. The number of aryl methyl sites for hydroxylation is 2. The lowest BCUT2D eigenvalue weighted by Gasteiger charge is -2.20. The summed E-state index contributed by atoms with van der Waals surface area (Å²) in [6.07, 6.45) is 2.31. The topological polar surface area (TPSA) is 67.5 Å². The van der Waals surface area contributed by atoms with E-state index in [0.29, 0.717) is 6.42 Å². The third-order valence-electron chi connectivity index (χ3n) is 5.46. The van der Waals surface area contributed by atoms with Crippen LogP contribution in [0.15, 0.2) is 30.3 Å². The fourth-order valence-electron chi connectivity index (χ4n) is 3.77. The van der Waals surface area contributed by atoms with Gasteiger partial charge in [-0.3, -0.25) is 4.79 Å². The van der Waals surface area contributed by atoms with Gasteiger partial charge in [-0.05, 0) is 25.3 Å². The molecule has 0 aliphatic rings. The molecule has 5 nitrogen and oxygen atoms in total. The second-order valence-electron chi connectivity index (χ2n) is 8.74. The Hall–Kier alpha value is -2.69. The summed E-state index contributed by atoms with van der Waals surface area (Å²) in [5.41, 5.74) is 6.15. The molecule has 1 aromatic carbocycles. The molecule has 0 amide bonds. The van der Waals surface area contributed by atoms with E-state index in [1.807, 2.05) is 24.4 Å². The smallest absolute Gasteiger partial charge is 0.311 e. The molecule has 0 fully saturated rings. The number of hydrogen-bond acceptors (Lipinski definition) is 3. The fourth-order valence-corrected chi connectivity index (χ4v) is 3.77. The molecular formula is C24H31N3O2. The summed E-state index contributed by atoms with van der Waals surface area (Å²) in [5.74, 6) is -1.43. The van der Waals surface area contributed by atoms with Crippen LogP contribution >= 0.6 is 0 Å². The minimum absolute atomic E-state index is 0.124. The molecule has 3 aromatic rings. The van der Waals surface area contributed by atoms with Gasteiger partial charge in [-0.1, -0.05) is 65.3 Å². The Labute approximate surface area is 172 Å². The van der Waals surface area contributed by atoms with Crippen molar-refractivity contribution >= 4 is 11.6 Å². The van der Waals surface area contributed by atoms with Crippen molar-refractivity contribution in [3.05, 3.63) is 52.8 Å². The third kappa shape index (κ3) is 4.04. The predicted molar refractivity (Wildman–Crippen MR) is 117 cm³/mol. The second kappa shape index (κ2) is 7.97. The lowest BCUT2D eigenvalue weighted by atomic mass is 9.89. The molecule has 2 aromatic heterocycles. The molecule has 1 unspecified atom stereocenters. The number of aromatic nitrogens is 3. The molecule has 2 heterocycles. The molecule has 5 heteroatoms. The van der Waals surface area contributed by atoms with E-state index >= 15 is 0 Å². The van der Waals surface area contributed by atoms with Crippen molar-refractivity contribution in [3.8, 4) is 11.3 Å². The lowest BCUT2D eigenvalue weighted by Crippen LogP contribution is -2.17. The number of benzene rings is 1. The van der Waals surface area contributed by atoms with Crippen molar-refractivity contribution in [2.75, 3.05) is 0 Å². The molecule has 1 atom stereocenters. The van der Waals surface area contributed by atoms with Gasteiger partial charge in [0.25, 0.3) is 0 Å². The number of rotatable bonds is 6. The van der Waals surface area contributed by atoms with Crippen molar-refractivity contribution in [3.63, 3.8) is 0 Å². The van der Waals surface area contributed by atoms with Gasteiger partial charge < -0.3 is 5.11 Å². The molecule has 1 N–H and O–H groups in total. The summed E-state index contributed by atoms with van der Waals surface area (Å²) in [7, 11) is 0. The largest absolute Gasteiger partial charge is 0.481 e. The zero-order chi connectivity index (χ0) is 21.3. The van der Waals surface area contributed by atoms with Crippen LogP contribution in [-0.4, -0.2) is 25.7 Å². The monoisotopic (exact) mass is 393 g/mol. The van der Waals surface area contributed by atoms with E-state index in [0.717, 1.165) is 46.7 Å². The van der Waals surface area contributed by atoms with Crippen molar-refractivity contribution in [2.24, 2.45) is 0 Å². The van der Waals surface area contributed by atoms with E-state index in [4.69, 9.17) is 10.1 Å². The average molecular weight is 394 g/mol. The molecule has 0 aliphatic heterocycles. The van der Waals surface area contributed by atoms with Crippen LogP contribution in [0.4, 0.5) is 0 Å². The van der Waals surface area contributed by atoms with Gasteiger partial charge in [0.05, 0.1) is 17.3 Å². The van der Waals surface area contributed by atoms with Crippen LogP contribution in [0.1, 0.15) is 75.9 Å². The third-order valence-corrected chi connectivity index (χ3v) is 5.46. The van der Waals surface area contributed by atoms with Crippen LogP contribution in [0.3, 0.4) is 0 Å². The lowest BCUT2D eigenvalue weighted by molar-refractivity contribution is -0.139. The summed E-state index contributed by atoms with van der Waals surface area (Å²) in [4.78, 5) is 16.9. The highest BCUT2D eigenvalue weighted by Crippen LogP contribution is 2.35. The quantitative estimate of drug-likeness (QED) is 0.598. The van der Waals surface area contributed by atoms with Gasteiger partial charge in [0, 0.05) is 28.3 Å². The van der Waals surface area contributed by atoms with Crippen LogP contribution in [0.5, 0.6) is 0 Å².